The lowest BCUT2D eigenvalue weighted by molar-refractivity contribution is -0.144. The number of carbonyl (C=O) groups is 1. The number of nitrogens with zero attached hydrogens (tertiary/aromatic N) is 1. The second kappa shape index (κ2) is 7.90. The molecule has 0 fully saturated rings. The van der Waals surface area contributed by atoms with Crippen molar-refractivity contribution in [3.05, 3.63) is 47.5 Å². The molecule has 0 heterocycles. The van der Waals surface area contributed by atoms with E-state index in [0.29, 0.717) is 24.7 Å². The Bertz CT molecular complexity index is 407. The fourth-order valence-corrected chi connectivity index (χ4v) is 1.86. The maximum Gasteiger partial charge on any atom is 0.320 e. The first-order valence-electron chi connectivity index (χ1n) is 5.89. The number of hydrogen-bond donors (Lipinski definition) is 0. The van der Waals surface area contributed by atoms with Crippen LogP contribution in [0.2, 0.25) is 5.02 Å². The largest absolute Gasteiger partial charge is 0.465 e. The summed E-state index contributed by atoms with van der Waals surface area (Å²) in [5, 5.41) is 0.696. The molecule has 0 radical (unpaired) electrons. The summed E-state index contributed by atoms with van der Waals surface area (Å²) in [5.41, 5.74) is 1.06. The summed E-state index contributed by atoms with van der Waals surface area (Å²) in [6.45, 7) is 7.42. The molecule has 0 unspecified atom stereocenters. The molecule has 0 saturated heterocycles. The molecule has 3 nitrogen and oxygen atoms in total. The van der Waals surface area contributed by atoms with Gasteiger partial charge in [0.2, 0.25) is 0 Å². The fraction of sp³-hybridized carbons (Fsp3) is 0.357. The molecule has 18 heavy (non-hydrogen) atoms. The highest BCUT2D eigenvalue weighted by Crippen LogP contribution is 2.12. The van der Waals surface area contributed by atoms with E-state index in [1.807, 2.05) is 29.2 Å². The lowest BCUT2D eigenvalue weighted by Gasteiger charge is -2.19. The van der Waals surface area contributed by atoms with Gasteiger partial charge in [-0.15, -0.1) is 6.58 Å². The summed E-state index contributed by atoms with van der Waals surface area (Å²) in [6.07, 6.45) is 1.77. The highest BCUT2D eigenvalue weighted by atomic mass is 35.5. The Hall–Kier alpha value is -1.32. The smallest absolute Gasteiger partial charge is 0.320 e. The van der Waals surface area contributed by atoms with Crippen LogP contribution in [-0.2, 0) is 16.1 Å². The Morgan fingerprint density at radius 3 is 2.94 bits per heavy atom. The summed E-state index contributed by atoms with van der Waals surface area (Å²) in [4.78, 5) is 13.4. The lowest BCUT2D eigenvalue weighted by Crippen LogP contribution is -2.30. The SMILES string of the molecule is C=CCN(CC(=O)OCC)Cc1cccc(Cl)c1. The third-order valence-electron chi connectivity index (χ3n) is 2.34. The molecule has 0 spiro atoms. The lowest BCUT2D eigenvalue weighted by atomic mass is 10.2. The molecule has 0 N–H and O–H groups in total. The molecule has 0 aliphatic carbocycles. The van der Waals surface area contributed by atoms with E-state index in [0.717, 1.165) is 5.56 Å². The molecule has 0 atom stereocenters. The molecule has 1 aromatic rings. The van der Waals surface area contributed by atoms with Gasteiger partial charge < -0.3 is 4.74 Å². The maximum atomic E-state index is 11.5. The average molecular weight is 268 g/mol. The van der Waals surface area contributed by atoms with E-state index < -0.39 is 0 Å². The zero-order valence-corrected chi connectivity index (χ0v) is 11.3. The Morgan fingerprint density at radius 2 is 2.33 bits per heavy atom. The van der Waals surface area contributed by atoms with Crippen LogP contribution in [0.15, 0.2) is 36.9 Å². The van der Waals surface area contributed by atoms with Crippen molar-refractivity contribution in [2.75, 3.05) is 19.7 Å². The van der Waals surface area contributed by atoms with E-state index in [1.165, 1.54) is 0 Å². The number of carbonyl (C=O) groups excluding carboxylic acids is 1. The van der Waals surface area contributed by atoms with Crippen molar-refractivity contribution in [2.45, 2.75) is 13.5 Å². The van der Waals surface area contributed by atoms with Crippen molar-refractivity contribution in [3.63, 3.8) is 0 Å². The molecule has 1 aromatic carbocycles. The van der Waals surface area contributed by atoms with Gasteiger partial charge in [0.25, 0.3) is 0 Å². The highest BCUT2D eigenvalue weighted by Gasteiger charge is 2.10. The van der Waals surface area contributed by atoms with Gasteiger partial charge in [0.15, 0.2) is 0 Å². The third-order valence-corrected chi connectivity index (χ3v) is 2.58. The van der Waals surface area contributed by atoms with E-state index >= 15 is 0 Å². The number of benzene rings is 1. The number of halogens is 1. The van der Waals surface area contributed by atoms with Crippen molar-refractivity contribution in [1.29, 1.82) is 0 Å². The minimum absolute atomic E-state index is 0.221. The van der Waals surface area contributed by atoms with Crippen molar-refractivity contribution in [3.8, 4) is 0 Å². The van der Waals surface area contributed by atoms with Crippen LogP contribution in [0, 0.1) is 0 Å². The van der Waals surface area contributed by atoms with Crippen LogP contribution in [0.25, 0.3) is 0 Å². The predicted molar refractivity (Wildman–Crippen MR) is 73.6 cm³/mol. The van der Waals surface area contributed by atoms with E-state index in [4.69, 9.17) is 16.3 Å². The summed E-state index contributed by atoms with van der Waals surface area (Å²) in [5.74, 6) is -0.221. The number of rotatable bonds is 7. The third kappa shape index (κ3) is 5.34. The van der Waals surface area contributed by atoms with Gasteiger partial charge in [-0.3, -0.25) is 9.69 Å². The number of hydrogen-bond acceptors (Lipinski definition) is 3. The minimum atomic E-state index is -0.221. The highest BCUT2D eigenvalue weighted by molar-refractivity contribution is 6.30. The van der Waals surface area contributed by atoms with Crippen LogP contribution in [0.4, 0.5) is 0 Å². The monoisotopic (exact) mass is 267 g/mol. The van der Waals surface area contributed by atoms with Gasteiger partial charge in [0.05, 0.1) is 13.2 Å². The van der Waals surface area contributed by atoms with Crippen LogP contribution >= 0.6 is 11.6 Å². The number of ether oxygens (including phenoxy) is 1. The van der Waals surface area contributed by atoms with Crippen LogP contribution in [0.5, 0.6) is 0 Å². The Kier molecular flexibility index (Phi) is 6.47. The maximum absolute atomic E-state index is 11.5. The summed E-state index contributed by atoms with van der Waals surface area (Å²) < 4.78 is 4.94. The Morgan fingerprint density at radius 1 is 1.56 bits per heavy atom. The first-order valence-corrected chi connectivity index (χ1v) is 6.26. The molecule has 1 rings (SSSR count). The molecular formula is C14H18ClNO2. The van der Waals surface area contributed by atoms with Gasteiger partial charge in [-0.25, -0.2) is 0 Å². The molecule has 0 aromatic heterocycles. The predicted octanol–water partition coefficient (Wildman–Crippen LogP) is 2.89. The van der Waals surface area contributed by atoms with Gasteiger partial charge in [-0.1, -0.05) is 29.8 Å². The van der Waals surface area contributed by atoms with E-state index in [-0.39, 0.29) is 12.5 Å². The number of esters is 1. The molecule has 0 bridgehead atoms. The van der Waals surface area contributed by atoms with Gasteiger partial charge in [-0.05, 0) is 24.6 Å². The second-order valence-electron chi connectivity index (χ2n) is 3.89. The summed E-state index contributed by atoms with van der Waals surface area (Å²) in [7, 11) is 0. The van der Waals surface area contributed by atoms with Crippen molar-refractivity contribution in [2.24, 2.45) is 0 Å². The molecule has 98 valence electrons. The summed E-state index contributed by atoms with van der Waals surface area (Å²) >= 11 is 5.93. The molecular weight excluding hydrogens is 250 g/mol. The average Bonchev–Trinajstić information content (AvgIpc) is 2.29. The molecule has 4 heteroatoms. The first-order chi connectivity index (χ1) is 8.65. The van der Waals surface area contributed by atoms with Crippen LogP contribution in [-0.4, -0.2) is 30.6 Å². The van der Waals surface area contributed by atoms with Crippen LogP contribution in [0.3, 0.4) is 0 Å². The van der Waals surface area contributed by atoms with E-state index in [9.17, 15) is 4.79 Å². The van der Waals surface area contributed by atoms with Gasteiger partial charge in [0, 0.05) is 18.1 Å². The fourth-order valence-electron chi connectivity index (χ4n) is 1.65. The van der Waals surface area contributed by atoms with Crippen LogP contribution in [0.1, 0.15) is 12.5 Å². The van der Waals surface area contributed by atoms with Crippen molar-refractivity contribution >= 4 is 17.6 Å². The van der Waals surface area contributed by atoms with E-state index in [1.54, 1.807) is 13.0 Å². The zero-order valence-electron chi connectivity index (χ0n) is 10.6. The van der Waals surface area contributed by atoms with Gasteiger partial charge in [0.1, 0.15) is 0 Å². The van der Waals surface area contributed by atoms with Crippen LogP contribution < -0.4 is 0 Å². The first kappa shape index (κ1) is 14.7. The quantitative estimate of drug-likeness (QED) is 0.562. The molecule has 0 aliphatic heterocycles. The van der Waals surface area contributed by atoms with Gasteiger partial charge >= 0.3 is 5.97 Å². The second-order valence-corrected chi connectivity index (χ2v) is 4.33. The Labute approximate surface area is 113 Å². The van der Waals surface area contributed by atoms with Gasteiger partial charge in [-0.2, -0.15) is 0 Å². The molecule has 0 aliphatic rings. The standard InChI is InChI=1S/C14H18ClNO2/c1-3-8-16(11-14(17)18-4-2)10-12-6-5-7-13(15)9-12/h3,5-7,9H,1,4,8,10-11H2,2H3. The van der Waals surface area contributed by atoms with E-state index in [2.05, 4.69) is 6.58 Å². The normalized spacial score (nSPS) is 10.4. The minimum Gasteiger partial charge on any atom is -0.465 e. The molecule has 0 saturated carbocycles. The zero-order chi connectivity index (χ0) is 13.4. The Balaban J connectivity index is 2.62. The summed E-state index contributed by atoms with van der Waals surface area (Å²) in [6, 6.07) is 7.60. The van der Waals surface area contributed by atoms with Crippen molar-refractivity contribution < 1.29 is 9.53 Å². The van der Waals surface area contributed by atoms with Crippen molar-refractivity contribution in [1.82, 2.24) is 4.90 Å². The molecule has 0 amide bonds. The topological polar surface area (TPSA) is 29.5 Å².